The summed E-state index contributed by atoms with van der Waals surface area (Å²) in [6.07, 6.45) is 0.350. The second kappa shape index (κ2) is 6.63. The van der Waals surface area contributed by atoms with Gasteiger partial charge in [0.25, 0.3) is 0 Å². The van der Waals surface area contributed by atoms with Gasteiger partial charge < -0.3 is 20.8 Å². The number of hydrogen-bond acceptors (Lipinski definition) is 3. The zero-order valence-corrected chi connectivity index (χ0v) is 10.9. The van der Waals surface area contributed by atoms with Crippen LogP contribution in [0.1, 0.15) is 20.3 Å². The summed E-state index contributed by atoms with van der Waals surface area (Å²) in [5, 5.41) is 23.1. The highest BCUT2D eigenvalue weighted by atomic mass is 16.4. The number of carboxylic acids is 1. The maximum atomic E-state index is 11.7. The number of amides is 2. The fourth-order valence-electron chi connectivity index (χ4n) is 1.60. The van der Waals surface area contributed by atoms with Gasteiger partial charge in [-0.2, -0.15) is 0 Å². The van der Waals surface area contributed by atoms with E-state index in [1.807, 2.05) is 13.8 Å². The van der Waals surface area contributed by atoms with E-state index in [0.717, 1.165) is 0 Å². The lowest BCUT2D eigenvalue weighted by atomic mass is 10.0. The van der Waals surface area contributed by atoms with Gasteiger partial charge in [0, 0.05) is 11.8 Å². The Morgan fingerprint density at radius 2 is 2.00 bits per heavy atom. The van der Waals surface area contributed by atoms with Gasteiger partial charge in [0.2, 0.25) is 0 Å². The molecule has 6 heteroatoms. The van der Waals surface area contributed by atoms with Crippen molar-refractivity contribution in [2.24, 2.45) is 5.92 Å². The summed E-state index contributed by atoms with van der Waals surface area (Å²) in [4.78, 5) is 22.6. The summed E-state index contributed by atoms with van der Waals surface area (Å²) in [5.41, 5.74) is 0.395. The molecule has 1 aromatic carbocycles. The predicted octanol–water partition coefficient (Wildman–Crippen LogP) is 2.01. The third-order valence-electron chi connectivity index (χ3n) is 2.41. The molecule has 1 unspecified atom stereocenters. The Bertz CT molecular complexity index is 460. The van der Waals surface area contributed by atoms with E-state index in [1.165, 1.54) is 12.1 Å². The smallest absolute Gasteiger partial charge is 0.326 e. The second-order valence-corrected chi connectivity index (χ2v) is 4.67. The van der Waals surface area contributed by atoms with Gasteiger partial charge in [0.15, 0.2) is 0 Å². The monoisotopic (exact) mass is 266 g/mol. The van der Waals surface area contributed by atoms with Crippen molar-refractivity contribution in [1.29, 1.82) is 0 Å². The van der Waals surface area contributed by atoms with Crippen molar-refractivity contribution in [3.05, 3.63) is 24.3 Å². The predicted molar refractivity (Wildman–Crippen MR) is 71.1 cm³/mol. The van der Waals surface area contributed by atoms with Crippen LogP contribution in [0.5, 0.6) is 5.75 Å². The van der Waals surface area contributed by atoms with Gasteiger partial charge in [-0.15, -0.1) is 0 Å². The van der Waals surface area contributed by atoms with Crippen LogP contribution in [0.25, 0.3) is 0 Å². The molecule has 0 bridgehead atoms. The molecule has 0 saturated heterocycles. The molecule has 104 valence electrons. The van der Waals surface area contributed by atoms with Crippen LogP contribution in [0.3, 0.4) is 0 Å². The molecular formula is C13H18N2O4. The second-order valence-electron chi connectivity index (χ2n) is 4.67. The molecule has 19 heavy (non-hydrogen) atoms. The molecule has 0 spiro atoms. The quantitative estimate of drug-likeness (QED) is 0.655. The topological polar surface area (TPSA) is 98.7 Å². The third-order valence-corrected chi connectivity index (χ3v) is 2.41. The molecule has 4 N–H and O–H groups in total. The molecule has 0 aliphatic heterocycles. The summed E-state index contributed by atoms with van der Waals surface area (Å²) in [5.74, 6) is -0.892. The Hall–Kier alpha value is -2.24. The Kier molecular flexibility index (Phi) is 5.17. The number of anilines is 1. The van der Waals surface area contributed by atoms with Gasteiger partial charge in [-0.1, -0.05) is 19.9 Å². The first-order valence-electron chi connectivity index (χ1n) is 5.98. The molecule has 0 aliphatic rings. The van der Waals surface area contributed by atoms with Crippen molar-refractivity contribution in [2.75, 3.05) is 5.32 Å². The Morgan fingerprint density at radius 1 is 1.32 bits per heavy atom. The Balaban J connectivity index is 2.60. The van der Waals surface area contributed by atoms with E-state index in [9.17, 15) is 14.7 Å². The number of hydrogen-bond donors (Lipinski definition) is 4. The fourth-order valence-corrected chi connectivity index (χ4v) is 1.60. The fraction of sp³-hybridized carbons (Fsp3) is 0.385. The van der Waals surface area contributed by atoms with Crippen molar-refractivity contribution in [1.82, 2.24) is 5.32 Å². The minimum Gasteiger partial charge on any atom is -0.508 e. The van der Waals surface area contributed by atoms with Crippen LogP contribution >= 0.6 is 0 Å². The van der Waals surface area contributed by atoms with E-state index in [0.29, 0.717) is 12.1 Å². The number of benzene rings is 1. The first-order valence-corrected chi connectivity index (χ1v) is 5.98. The first-order chi connectivity index (χ1) is 8.88. The number of rotatable bonds is 5. The highest BCUT2D eigenvalue weighted by Crippen LogP contribution is 2.15. The largest absolute Gasteiger partial charge is 0.508 e. The molecule has 0 heterocycles. The number of carbonyl (C=O) groups excluding carboxylic acids is 1. The Labute approximate surface area is 111 Å². The molecule has 0 aromatic heterocycles. The van der Waals surface area contributed by atoms with Crippen LogP contribution in [-0.4, -0.2) is 28.3 Å². The number of phenols is 1. The van der Waals surface area contributed by atoms with Gasteiger partial charge in [0.05, 0.1) is 0 Å². The van der Waals surface area contributed by atoms with Gasteiger partial charge in [0.1, 0.15) is 11.8 Å². The van der Waals surface area contributed by atoms with Crippen molar-refractivity contribution in [3.8, 4) is 5.75 Å². The number of aromatic hydroxyl groups is 1. The van der Waals surface area contributed by atoms with Gasteiger partial charge in [-0.3, -0.25) is 0 Å². The maximum absolute atomic E-state index is 11.7. The minimum atomic E-state index is -1.07. The number of phenolic OH excluding ortho intramolecular Hbond substituents is 1. The van der Waals surface area contributed by atoms with E-state index in [-0.39, 0.29) is 11.7 Å². The lowest BCUT2D eigenvalue weighted by Gasteiger charge is -2.16. The standard InChI is InChI=1S/C13H18N2O4/c1-8(2)6-11(12(17)18)15-13(19)14-9-4-3-5-10(16)7-9/h3-5,7-8,11,16H,6H2,1-2H3,(H,17,18)(H2,14,15,19). The highest BCUT2D eigenvalue weighted by Gasteiger charge is 2.20. The number of carbonyl (C=O) groups is 2. The number of urea groups is 1. The molecule has 0 aliphatic carbocycles. The van der Waals surface area contributed by atoms with Crippen molar-refractivity contribution >= 4 is 17.7 Å². The first kappa shape index (κ1) is 14.8. The van der Waals surface area contributed by atoms with Crippen LogP contribution in [0.4, 0.5) is 10.5 Å². The molecule has 0 saturated carbocycles. The molecule has 1 rings (SSSR count). The average molecular weight is 266 g/mol. The zero-order valence-electron chi connectivity index (χ0n) is 10.9. The molecule has 2 amide bonds. The molecule has 6 nitrogen and oxygen atoms in total. The van der Waals surface area contributed by atoms with Crippen molar-refractivity contribution in [2.45, 2.75) is 26.3 Å². The third kappa shape index (κ3) is 5.29. The van der Waals surface area contributed by atoms with Gasteiger partial charge in [-0.05, 0) is 24.5 Å². The Morgan fingerprint density at radius 3 is 2.53 bits per heavy atom. The molecule has 0 radical (unpaired) electrons. The number of nitrogens with one attached hydrogen (secondary N) is 2. The lowest BCUT2D eigenvalue weighted by molar-refractivity contribution is -0.139. The average Bonchev–Trinajstić information content (AvgIpc) is 2.27. The van der Waals surface area contributed by atoms with Crippen LogP contribution in [0.2, 0.25) is 0 Å². The zero-order chi connectivity index (χ0) is 14.4. The van der Waals surface area contributed by atoms with E-state index >= 15 is 0 Å². The molecule has 0 fully saturated rings. The summed E-state index contributed by atoms with van der Waals surface area (Å²) < 4.78 is 0. The summed E-state index contributed by atoms with van der Waals surface area (Å²) >= 11 is 0. The molecule has 1 atom stereocenters. The summed E-state index contributed by atoms with van der Waals surface area (Å²) in [6.45, 7) is 3.76. The van der Waals surface area contributed by atoms with Crippen molar-refractivity contribution in [3.63, 3.8) is 0 Å². The van der Waals surface area contributed by atoms with Crippen LogP contribution < -0.4 is 10.6 Å². The summed E-state index contributed by atoms with van der Waals surface area (Å²) in [7, 11) is 0. The van der Waals surface area contributed by atoms with Crippen molar-refractivity contribution < 1.29 is 19.8 Å². The van der Waals surface area contributed by atoms with E-state index in [4.69, 9.17) is 5.11 Å². The van der Waals surface area contributed by atoms with Gasteiger partial charge in [-0.25, -0.2) is 9.59 Å². The van der Waals surface area contributed by atoms with E-state index in [2.05, 4.69) is 10.6 Å². The maximum Gasteiger partial charge on any atom is 0.326 e. The normalized spacial score (nSPS) is 11.9. The van der Waals surface area contributed by atoms with Crippen LogP contribution in [-0.2, 0) is 4.79 Å². The van der Waals surface area contributed by atoms with Gasteiger partial charge >= 0.3 is 12.0 Å². The van der Waals surface area contributed by atoms with E-state index in [1.54, 1.807) is 12.1 Å². The molecule has 1 aromatic rings. The lowest BCUT2D eigenvalue weighted by Crippen LogP contribution is -2.43. The number of aliphatic carboxylic acids is 1. The summed E-state index contributed by atoms with van der Waals surface area (Å²) in [6, 6.07) is 4.47. The molecular weight excluding hydrogens is 248 g/mol. The highest BCUT2D eigenvalue weighted by molar-refractivity contribution is 5.92. The van der Waals surface area contributed by atoms with Crippen LogP contribution in [0, 0.1) is 5.92 Å². The van der Waals surface area contributed by atoms with E-state index < -0.39 is 18.0 Å². The SMILES string of the molecule is CC(C)CC(NC(=O)Nc1cccc(O)c1)C(=O)O. The van der Waals surface area contributed by atoms with Crippen LogP contribution in [0.15, 0.2) is 24.3 Å². The number of carboxylic acid groups (broad SMARTS) is 1. The minimum absolute atomic E-state index is 0.0229.